The van der Waals surface area contributed by atoms with Gasteiger partial charge < -0.3 is 0 Å². The monoisotopic (exact) mass is 180 g/mol. The van der Waals surface area contributed by atoms with Crippen molar-refractivity contribution in [2.24, 2.45) is 0 Å². The van der Waals surface area contributed by atoms with Gasteiger partial charge in [-0.2, -0.15) is 0 Å². The zero-order chi connectivity index (χ0) is 9.68. The molecule has 0 unspecified atom stereocenters. The molecule has 0 nitrogen and oxygen atoms in total. The van der Waals surface area contributed by atoms with Gasteiger partial charge in [0.2, 0.25) is 0 Å². The third-order valence-electron chi connectivity index (χ3n) is 1.56. The van der Waals surface area contributed by atoms with E-state index in [1.165, 1.54) is 18.2 Å². The van der Waals surface area contributed by atoms with Crippen molar-refractivity contribution in [3.63, 3.8) is 0 Å². The molecule has 0 amide bonds. The average molecular weight is 180 g/mol. The third kappa shape index (κ3) is 2.51. The molecule has 1 rings (SSSR count). The first-order valence-electron chi connectivity index (χ1n) is 3.99. The first-order valence-corrected chi connectivity index (χ1v) is 3.99. The summed E-state index contributed by atoms with van der Waals surface area (Å²) in [6.45, 7) is 1.85. The van der Waals surface area contributed by atoms with E-state index in [9.17, 15) is 8.78 Å². The molecule has 0 atom stereocenters. The Morgan fingerprint density at radius 1 is 1.15 bits per heavy atom. The Labute approximate surface area is 76.2 Å². The van der Waals surface area contributed by atoms with E-state index in [4.69, 9.17) is 0 Å². The number of allylic oxidation sites excluding steroid dienone is 3. The number of rotatable bonds is 2. The Morgan fingerprint density at radius 2 is 1.92 bits per heavy atom. The Bertz CT molecular complexity index is 338. The van der Waals surface area contributed by atoms with E-state index in [0.29, 0.717) is 0 Å². The minimum atomic E-state index is -0.817. The molecule has 0 spiro atoms. The van der Waals surface area contributed by atoms with Crippen molar-refractivity contribution < 1.29 is 8.78 Å². The van der Waals surface area contributed by atoms with Gasteiger partial charge in [-0.3, -0.25) is 0 Å². The largest absolute Gasteiger partial charge is 0.204 e. The summed E-state index contributed by atoms with van der Waals surface area (Å²) in [7, 11) is 0. The van der Waals surface area contributed by atoms with Gasteiger partial charge in [0.25, 0.3) is 0 Å². The van der Waals surface area contributed by atoms with Crippen LogP contribution in [0.25, 0.3) is 6.08 Å². The highest BCUT2D eigenvalue weighted by Crippen LogP contribution is 2.12. The smallest absolute Gasteiger partial charge is 0.166 e. The minimum Gasteiger partial charge on any atom is -0.204 e. The lowest BCUT2D eigenvalue weighted by atomic mass is 10.2. The molecule has 1 aromatic carbocycles. The summed E-state index contributed by atoms with van der Waals surface area (Å²) >= 11 is 0. The van der Waals surface area contributed by atoms with Crippen LogP contribution in [-0.4, -0.2) is 0 Å². The Hall–Kier alpha value is -1.44. The van der Waals surface area contributed by atoms with Crippen LogP contribution in [0, 0.1) is 11.6 Å². The Morgan fingerprint density at radius 3 is 2.62 bits per heavy atom. The highest BCUT2D eigenvalue weighted by molar-refractivity contribution is 5.51. The molecule has 0 N–H and O–H groups in total. The maximum atomic E-state index is 13.0. The van der Waals surface area contributed by atoms with Crippen molar-refractivity contribution in [3.05, 3.63) is 53.6 Å². The van der Waals surface area contributed by atoms with Gasteiger partial charge in [0, 0.05) is 5.56 Å². The summed E-state index contributed by atoms with van der Waals surface area (Å²) in [6, 6.07) is 4.11. The van der Waals surface area contributed by atoms with Crippen molar-refractivity contribution in [3.8, 4) is 0 Å². The summed E-state index contributed by atoms with van der Waals surface area (Å²) in [5.41, 5.74) is 0.262. The van der Waals surface area contributed by atoms with Crippen LogP contribution in [0.15, 0.2) is 36.4 Å². The van der Waals surface area contributed by atoms with Crippen LogP contribution in [0.3, 0.4) is 0 Å². The molecule has 0 aliphatic carbocycles. The molecule has 0 aliphatic heterocycles. The maximum Gasteiger partial charge on any atom is 0.166 e. The molecule has 0 saturated carbocycles. The fraction of sp³-hybridized carbons (Fsp3) is 0.0909. The van der Waals surface area contributed by atoms with Crippen LogP contribution in [-0.2, 0) is 0 Å². The third-order valence-corrected chi connectivity index (χ3v) is 1.56. The number of hydrogen-bond acceptors (Lipinski definition) is 0. The lowest BCUT2D eigenvalue weighted by Gasteiger charge is -1.95. The maximum absolute atomic E-state index is 13.0. The number of halogens is 2. The van der Waals surface area contributed by atoms with Crippen LogP contribution < -0.4 is 0 Å². The topological polar surface area (TPSA) is 0 Å². The molecule has 0 fully saturated rings. The van der Waals surface area contributed by atoms with E-state index in [0.717, 1.165) is 6.07 Å². The molecule has 1 aromatic rings. The van der Waals surface area contributed by atoms with Crippen molar-refractivity contribution in [2.75, 3.05) is 0 Å². The molecule has 2 heteroatoms. The highest BCUT2D eigenvalue weighted by atomic mass is 19.2. The summed E-state index contributed by atoms with van der Waals surface area (Å²) in [5.74, 6) is -1.62. The summed E-state index contributed by atoms with van der Waals surface area (Å²) in [6.07, 6.45) is 6.76. The predicted octanol–water partition coefficient (Wildman–Crippen LogP) is 3.55. The molecular formula is C11H10F2. The van der Waals surface area contributed by atoms with E-state index in [1.807, 2.05) is 13.0 Å². The van der Waals surface area contributed by atoms with Gasteiger partial charge in [-0.15, -0.1) is 0 Å². The molecule has 0 bridgehead atoms. The fourth-order valence-electron chi connectivity index (χ4n) is 0.920. The van der Waals surface area contributed by atoms with Crippen LogP contribution in [0.2, 0.25) is 0 Å². The van der Waals surface area contributed by atoms with E-state index in [-0.39, 0.29) is 5.56 Å². The van der Waals surface area contributed by atoms with Gasteiger partial charge in [0.1, 0.15) is 0 Å². The molecule has 68 valence electrons. The Kier molecular flexibility index (Phi) is 3.38. The summed E-state index contributed by atoms with van der Waals surface area (Å²) in [5, 5.41) is 0. The minimum absolute atomic E-state index is 0.262. The first-order chi connectivity index (χ1) is 6.25. The second kappa shape index (κ2) is 4.55. The average Bonchev–Trinajstić information content (AvgIpc) is 2.13. The first kappa shape index (κ1) is 9.65. The highest BCUT2D eigenvalue weighted by Gasteiger charge is 2.03. The number of hydrogen-bond donors (Lipinski definition) is 0. The molecule has 0 aliphatic rings. The van der Waals surface area contributed by atoms with Gasteiger partial charge in [0.15, 0.2) is 11.6 Å². The van der Waals surface area contributed by atoms with Crippen LogP contribution in [0.1, 0.15) is 12.5 Å². The van der Waals surface area contributed by atoms with Gasteiger partial charge in [-0.05, 0) is 13.0 Å². The van der Waals surface area contributed by atoms with Crippen molar-refractivity contribution in [1.29, 1.82) is 0 Å². The van der Waals surface area contributed by atoms with Crippen molar-refractivity contribution in [2.45, 2.75) is 6.92 Å². The van der Waals surface area contributed by atoms with Crippen molar-refractivity contribution >= 4 is 6.08 Å². The molecular weight excluding hydrogens is 170 g/mol. The predicted molar refractivity (Wildman–Crippen MR) is 50.2 cm³/mol. The summed E-state index contributed by atoms with van der Waals surface area (Å²) < 4.78 is 25.6. The Balaban J connectivity index is 2.95. The quantitative estimate of drug-likeness (QED) is 0.610. The molecule has 0 radical (unpaired) electrons. The fourth-order valence-corrected chi connectivity index (χ4v) is 0.920. The van der Waals surface area contributed by atoms with E-state index >= 15 is 0 Å². The van der Waals surface area contributed by atoms with Crippen molar-refractivity contribution in [1.82, 2.24) is 0 Å². The lowest BCUT2D eigenvalue weighted by Crippen LogP contribution is -1.86. The van der Waals surface area contributed by atoms with Crippen LogP contribution >= 0.6 is 0 Å². The normalized spacial score (nSPS) is 11.6. The second-order valence-corrected chi connectivity index (χ2v) is 2.53. The molecule has 0 aromatic heterocycles. The van der Waals surface area contributed by atoms with E-state index in [1.54, 1.807) is 12.2 Å². The van der Waals surface area contributed by atoms with Crippen LogP contribution in [0.4, 0.5) is 8.78 Å². The molecule has 0 saturated heterocycles. The summed E-state index contributed by atoms with van der Waals surface area (Å²) in [4.78, 5) is 0. The van der Waals surface area contributed by atoms with E-state index in [2.05, 4.69) is 0 Å². The van der Waals surface area contributed by atoms with E-state index < -0.39 is 11.6 Å². The molecule has 13 heavy (non-hydrogen) atoms. The SMILES string of the molecule is C/C=C\C=C/c1cccc(F)c1F. The van der Waals surface area contributed by atoms with Crippen LogP contribution in [0.5, 0.6) is 0 Å². The molecule has 0 heterocycles. The standard InChI is InChI=1S/C11H10F2/c1-2-3-4-6-9-7-5-8-10(12)11(9)13/h2-8H,1H3/b3-2-,6-4-. The zero-order valence-electron chi connectivity index (χ0n) is 7.30. The zero-order valence-corrected chi connectivity index (χ0v) is 7.30. The second-order valence-electron chi connectivity index (χ2n) is 2.53. The van der Waals surface area contributed by atoms with Gasteiger partial charge in [-0.25, -0.2) is 8.78 Å². The lowest BCUT2D eigenvalue weighted by molar-refractivity contribution is 0.507. The number of benzene rings is 1. The van der Waals surface area contributed by atoms with Gasteiger partial charge >= 0.3 is 0 Å². The van der Waals surface area contributed by atoms with Gasteiger partial charge in [0.05, 0.1) is 0 Å². The van der Waals surface area contributed by atoms with Gasteiger partial charge in [-0.1, -0.05) is 36.4 Å².